The highest BCUT2D eigenvalue weighted by Crippen LogP contribution is 2.40. The Bertz CT molecular complexity index is 374. The Labute approximate surface area is 95.1 Å². The molecule has 16 heavy (non-hydrogen) atoms. The van der Waals surface area contributed by atoms with E-state index in [1.54, 1.807) is 13.2 Å². The third-order valence-electron chi connectivity index (χ3n) is 3.23. The fourth-order valence-electron chi connectivity index (χ4n) is 2.11. The van der Waals surface area contributed by atoms with Crippen LogP contribution < -0.4 is 0 Å². The first-order valence-electron chi connectivity index (χ1n) is 5.60. The van der Waals surface area contributed by atoms with Gasteiger partial charge >= 0.3 is 0 Å². The monoisotopic (exact) mass is 224 g/mol. The fraction of sp³-hybridized carbons (Fsp3) is 0.538. The van der Waals surface area contributed by atoms with E-state index in [2.05, 4.69) is 0 Å². The predicted molar refractivity (Wildman–Crippen MR) is 59.6 cm³/mol. The molecule has 1 fully saturated rings. The van der Waals surface area contributed by atoms with E-state index in [1.165, 1.54) is 12.1 Å². The van der Waals surface area contributed by atoms with Crippen molar-refractivity contribution in [3.05, 3.63) is 35.1 Å². The van der Waals surface area contributed by atoms with Gasteiger partial charge in [0.1, 0.15) is 11.9 Å². The molecule has 1 saturated carbocycles. The zero-order valence-electron chi connectivity index (χ0n) is 9.61. The van der Waals surface area contributed by atoms with Crippen molar-refractivity contribution in [2.75, 3.05) is 7.11 Å². The summed E-state index contributed by atoms with van der Waals surface area (Å²) in [5.74, 6) is 0.105. The van der Waals surface area contributed by atoms with Gasteiger partial charge in [0.25, 0.3) is 0 Å². The van der Waals surface area contributed by atoms with Crippen LogP contribution in [0.5, 0.6) is 0 Å². The molecule has 0 bridgehead atoms. The van der Waals surface area contributed by atoms with Crippen LogP contribution in [0.3, 0.4) is 0 Å². The molecule has 0 saturated heterocycles. The van der Waals surface area contributed by atoms with E-state index in [4.69, 9.17) is 4.74 Å². The summed E-state index contributed by atoms with van der Waals surface area (Å²) in [6.07, 6.45) is 1.24. The van der Waals surface area contributed by atoms with Crippen molar-refractivity contribution in [3.63, 3.8) is 0 Å². The van der Waals surface area contributed by atoms with Gasteiger partial charge < -0.3 is 9.84 Å². The van der Waals surface area contributed by atoms with Crippen LogP contribution in [0.1, 0.15) is 30.1 Å². The SMILES string of the molecule is COC(C1CC1)C(O)c1cc(F)ccc1C. The summed E-state index contributed by atoms with van der Waals surface area (Å²) in [7, 11) is 1.60. The minimum atomic E-state index is -0.729. The Hall–Kier alpha value is -0.930. The second kappa shape index (κ2) is 4.52. The molecular weight excluding hydrogens is 207 g/mol. The van der Waals surface area contributed by atoms with Gasteiger partial charge in [0.05, 0.1) is 6.10 Å². The highest BCUT2D eigenvalue weighted by atomic mass is 19.1. The molecule has 1 N–H and O–H groups in total. The fourth-order valence-corrected chi connectivity index (χ4v) is 2.11. The number of methoxy groups -OCH3 is 1. The number of hydrogen-bond acceptors (Lipinski definition) is 2. The summed E-state index contributed by atoms with van der Waals surface area (Å²) in [5.41, 5.74) is 1.54. The standard InChI is InChI=1S/C13H17FO2/c1-8-3-6-10(14)7-11(8)12(15)13(16-2)9-4-5-9/h3,6-7,9,12-13,15H,4-5H2,1-2H3. The normalized spacial score (nSPS) is 19.5. The Morgan fingerprint density at radius 2 is 2.12 bits per heavy atom. The summed E-state index contributed by atoms with van der Waals surface area (Å²) in [6.45, 7) is 1.87. The maximum absolute atomic E-state index is 13.1. The van der Waals surface area contributed by atoms with Gasteiger partial charge in [-0.25, -0.2) is 4.39 Å². The lowest BCUT2D eigenvalue weighted by Crippen LogP contribution is -2.23. The summed E-state index contributed by atoms with van der Waals surface area (Å²) in [6, 6.07) is 4.49. The first-order valence-corrected chi connectivity index (χ1v) is 5.60. The van der Waals surface area contributed by atoms with Gasteiger partial charge in [0.15, 0.2) is 0 Å². The van der Waals surface area contributed by atoms with Crippen LogP contribution in [0.4, 0.5) is 4.39 Å². The first-order chi connectivity index (χ1) is 7.63. The lowest BCUT2D eigenvalue weighted by molar-refractivity contribution is -0.0263. The number of aliphatic hydroxyl groups is 1. The van der Waals surface area contributed by atoms with Gasteiger partial charge in [-0.1, -0.05) is 6.07 Å². The Morgan fingerprint density at radius 1 is 1.44 bits per heavy atom. The molecule has 2 nitrogen and oxygen atoms in total. The molecular formula is C13H17FO2. The van der Waals surface area contributed by atoms with Crippen molar-refractivity contribution >= 4 is 0 Å². The maximum Gasteiger partial charge on any atom is 0.123 e. The minimum Gasteiger partial charge on any atom is -0.386 e. The molecule has 1 aliphatic carbocycles. The summed E-state index contributed by atoms with van der Waals surface area (Å²) < 4.78 is 18.5. The number of ether oxygens (including phenoxy) is 1. The second-order valence-electron chi connectivity index (χ2n) is 4.48. The molecule has 2 unspecified atom stereocenters. The Morgan fingerprint density at radius 3 is 2.69 bits per heavy atom. The predicted octanol–water partition coefficient (Wildman–Crippen LogP) is 2.59. The number of hydrogen-bond donors (Lipinski definition) is 1. The van der Waals surface area contributed by atoms with E-state index in [1.807, 2.05) is 6.92 Å². The van der Waals surface area contributed by atoms with Gasteiger partial charge in [-0.2, -0.15) is 0 Å². The number of halogens is 1. The Balaban J connectivity index is 2.24. The zero-order chi connectivity index (χ0) is 11.7. The molecule has 2 atom stereocenters. The highest BCUT2D eigenvalue weighted by Gasteiger charge is 2.37. The van der Waals surface area contributed by atoms with Crippen molar-refractivity contribution in [2.45, 2.75) is 32.0 Å². The average Bonchev–Trinajstić information content (AvgIpc) is 3.07. The van der Waals surface area contributed by atoms with Gasteiger partial charge in [0, 0.05) is 7.11 Å². The van der Waals surface area contributed by atoms with E-state index in [9.17, 15) is 9.50 Å². The van der Waals surface area contributed by atoms with Gasteiger partial charge in [0.2, 0.25) is 0 Å². The lowest BCUT2D eigenvalue weighted by Gasteiger charge is -2.23. The van der Waals surface area contributed by atoms with Gasteiger partial charge in [-0.05, 0) is 48.9 Å². The molecule has 0 aromatic heterocycles. The van der Waals surface area contributed by atoms with Crippen LogP contribution in [0.2, 0.25) is 0 Å². The van der Waals surface area contributed by atoms with Crippen LogP contribution in [-0.2, 0) is 4.74 Å². The molecule has 0 aliphatic heterocycles. The third kappa shape index (κ3) is 2.25. The molecule has 0 amide bonds. The molecule has 2 rings (SSSR count). The summed E-state index contributed by atoms with van der Waals surface area (Å²) in [5, 5.41) is 10.2. The summed E-state index contributed by atoms with van der Waals surface area (Å²) >= 11 is 0. The quantitative estimate of drug-likeness (QED) is 0.851. The molecule has 0 spiro atoms. The van der Waals surface area contributed by atoms with Crippen LogP contribution in [0.15, 0.2) is 18.2 Å². The van der Waals surface area contributed by atoms with E-state index in [-0.39, 0.29) is 11.9 Å². The van der Waals surface area contributed by atoms with Crippen molar-refractivity contribution in [1.82, 2.24) is 0 Å². The van der Waals surface area contributed by atoms with E-state index >= 15 is 0 Å². The smallest absolute Gasteiger partial charge is 0.123 e. The van der Waals surface area contributed by atoms with Gasteiger partial charge in [-0.15, -0.1) is 0 Å². The molecule has 1 aromatic carbocycles. The number of aliphatic hydroxyl groups excluding tert-OH is 1. The molecule has 0 radical (unpaired) electrons. The maximum atomic E-state index is 13.1. The van der Waals surface area contributed by atoms with Crippen LogP contribution in [-0.4, -0.2) is 18.3 Å². The van der Waals surface area contributed by atoms with Gasteiger partial charge in [-0.3, -0.25) is 0 Å². The zero-order valence-corrected chi connectivity index (χ0v) is 9.61. The van der Waals surface area contributed by atoms with Crippen LogP contribution in [0.25, 0.3) is 0 Å². The molecule has 3 heteroatoms. The molecule has 0 heterocycles. The summed E-state index contributed by atoms with van der Waals surface area (Å²) in [4.78, 5) is 0. The van der Waals surface area contributed by atoms with Crippen molar-refractivity contribution in [3.8, 4) is 0 Å². The molecule has 1 aromatic rings. The van der Waals surface area contributed by atoms with E-state index < -0.39 is 6.10 Å². The van der Waals surface area contributed by atoms with Crippen molar-refractivity contribution < 1.29 is 14.2 Å². The van der Waals surface area contributed by atoms with Crippen molar-refractivity contribution in [2.24, 2.45) is 5.92 Å². The number of rotatable bonds is 4. The topological polar surface area (TPSA) is 29.5 Å². The van der Waals surface area contributed by atoms with E-state index in [0.717, 1.165) is 18.4 Å². The second-order valence-corrected chi connectivity index (χ2v) is 4.48. The Kier molecular flexibility index (Phi) is 3.26. The van der Waals surface area contributed by atoms with Crippen molar-refractivity contribution in [1.29, 1.82) is 0 Å². The lowest BCUT2D eigenvalue weighted by atomic mass is 9.97. The third-order valence-corrected chi connectivity index (χ3v) is 3.23. The largest absolute Gasteiger partial charge is 0.386 e. The highest BCUT2D eigenvalue weighted by molar-refractivity contribution is 5.29. The number of aryl methyl sites for hydroxylation is 1. The molecule has 88 valence electrons. The minimum absolute atomic E-state index is 0.208. The average molecular weight is 224 g/mol. The van der Waals surface area contributed by atoms with Crippen LogP contribution in [0, 0.1) is 18.7 Å². The first kappa shape index (κ1) is 11.6. The van der Waals surface area contributed by atoms with Crippen LogP contribution >= 0.6 is 0 Å². The number of benzene rings is 1. The molecule has 1 aliphatic rings. The van der Waals surface area contributed by atoms with E-state index in [0.29, 0.717) is 11.5 Å².